The molecule has 0 saturated heterocycles. The van der Waals surface area contributed by atoms with Crippen LogP contribution in [0.15, 0.2) is 33.9 Å². The molecule has 1 fully saturated rings. The molecule has 3 rings (SSSR count). The molecule has 0 aliphatic heterocycles. The van der Waals surface area contributed by atoms with E-state index in [1.165, 1.54) is 7.05 Å². The van der Waals surface area contributed by atoms with E-state index in [-0.39, 0.29) is 17.2 Å². The molecule has 6 nitrogen and oxygen atoms in total. The number of rotatable bonds is 5. The molecule has 9 heteroatoms. The Labute approximate surface area is 157 Å². The summed E-state index contributed by atoms with van der Waals surface area (Å²) >= 11 is 3.53. The number of alkyl halides is 2. The van der Waals surface area contributed by atoms with Crippen molar-refractivity contribution >= 4 is 27.7 Å². The van der Waals surface area contributed by atoms with Crippen molar-refractivity contribution in [2.75, 3.05) is 0 Å². The molecule has 26 heavy (non-hydrogen) atoms. The van der Waals surface area contributed by atoms with Gasteiger partial charge < -0.3 is 10.6 Å². The van der Waals surface area contributed by atoms with Crippen molar-refractivity contribution in [2.45, 2.75) is 31.6 Å². The predicted molar refractivity (Wildman–Crippen MR) is 95.0 cm³/mol. The van der Waals surface area contributed by atoms with Crippen LogP contribution in [0.3, 0.4) is 0 Å². The predicted octanol–water partition coefficient (Wildman–Crippen LogP) is 3.59. The number of amidine groups is 1. The molecule has 0 unspecified atom stereocenters. The van der Waals surface area contributed by atoms with E-state index < -0.39 is 17.8 Å². The molecule has 0 atom stereocenters. The van der Waals surface area contributed by atoms with Crippen LogP contribution in [0.2, 0.25) is 0 Å². The number of carbonyl (C=O) groups excluding carboxylic acids is 1. The van der Waals surface area contributed by atoms with Gasteiger partial charge in [0, 0.05) is 17.6 Å². The second-order valence-corrected chi connectivity index (χ2v) is 7.10. The lowest BCUT2D eigenvalue weighted by molar-refractivity contribution is 0.0506. The largest absolute Gasteiger partial charge is 0.385 e. The van der Waals surface area contributed by atoms with Gasteiger partial charge in [-0.1, -0.05) is 33.2 Å². The van der Waals surface area contributed by atoms with Gasteiger partial charge in [-0.3, -0.25) is 4.68 Å². The van der Waals surface area contributed by atoms with Gasteiger partial charge in [0.2, 0.25) is 0 Å². The summed E-state index contributed by atoms with van der Waals surface area (Å²) in [7, 11) is 1.32. The normalized spacial score (nSPS) is 16.0. The molecule has 1 aromatic heterocycles. The van der Waals surface area contributed by atoms with E-state index >= 15 is 0 Å². The van der Waals surface area contributed by atoms with Gasteiger partial charge in [-0.15, -0.1) is 0 Å². The maximum Gasteiger partial charge on any atom is 0.385 e. The van der Waals surface area contributed by atoms with Crippen LogP contribution in [-0.2, 0) is 17.3 Å². The van der Waals surface area contributed by atoms with Gasteiger partial charge in [0.15, 0.2) is 11.5 Å². The highest BCUT2D eigenvalue weighted by molar-refractivity contribution is 9.10. The summed E-state index contributed by atoms with van der Waals surface area (Å²) < 4.78 is 27.4. The molecule has 0 amide bonds. The van der Waals surface area contributed by atoms with Crippen molar-refractivity contribution in [3.63, 3.8) is 0 Å². The summed E-state index contributed by atoms with van der Waals surface area (Å²) in [6, 6.07) is 6.79. The number of hydrogen-bond donors (Lipinski definition) is 1. The molecule has 0 radical (unpaired) electrons. The number of oxime groups is 1. The van der Waals surface area contributed by atoms with Crippen LogP contribution in [0.4, 0.5) is 8.78 Å². The van der Waals surface area contributed by atoms with Crippen LogP contribution in [-0.4, -0.2) is 21.6 Å². The maximum absolute atomic E-state index is 12.8. The summed E-state index contributed by atoms with van der Waals surface area (Å²) in [5, 5.41) is 7.48. The van der Waals surface area contributed by atoms with E-state index in [0.29, 0.717) is 0 Å². The number of aromatic nitrogens is 2. The molecular weight excluding hydrogens is 410 g/mol. The first-order valence-electron chi connectivity index (χ1n) is 7.89. The lowest BCUT2D eigenvalue weighted by Gasteiger charge is -2.18. The Balaban J connectivity index is 1.80. The van der Waals surface area contributed by atoms with Crippen LogP contribution >= 0.6 is 15.9 Å². The Kier molecular flexibility index (Phi) is 4.83. The molecule has 0 bridgehead atoms. The third kappa shape index (κ3) is 3.23. The Bertz CT molecular complexity index is 871. The third-order valence-corrected chi connectivity index (χ3v) is 5.18. The number of benzene rings is 1. The first-order chi connectivity index (χ1) is 12.3. The summed E-state index contributed by atoms with van der Waals surface area (Å²) in [5.74, 6) is -0.763. The maximum atomic E-state index is 12.8. The van der Waals surface area contributed by atoms with E-state index in [2.05, 4.69) is 26.2 Å². The lowest BCUT2D eigenvalue weighted by Crippen LogP contribution is -2.30. The van der Waals surface area contributed by atoms with E-state index in [9.17, 15) is 13.6 Å². The molecule has 1 aliphatic carbocycles. The number of hydrogen-bond acceptors (Lipinski definition) is 4. The van der Waals surface area contributed by atoms with Gasteiger partial charge in [0.05, 0.1) is 5.41 Å². The Morgan fingerprint density at radius 1 is 1.46 bits per heavy atom. The van der Waals surface area contributed by atoms with Crippen LogP contribution in [0.5, 0.6) is 0 Å². The van der Waals surface area contributed by atoms with Crippen molar-refractivity contribution < 1.29 is 18.4 Å². The number of aryl methyl sites for hydroxylation is 2. The van der Waals surface area contributed by atoms with Gasteiger partial charge in [-0.05, 0) is 37.0 Å². The van der Waals surface area contributed by atoms with Crippen LogP contribution in [0.1, 0.15) is 46.6 Å². The minimum atomic E-state index is -2.74. The summed E-state index contributed by atoms with van der Waals surface area (Å²) in [6.07, 6.45) is -1.18. The minimum Gasteiger partial charge on any atom is -0.384 e. The van der Waals surface area contributed by atoms with Crippen molar-refractivity contribution in [2.24, 2.45) is 17.9 Å². The summed E-state index contributed by atoms with van der Waals surface area (Å²) in [4.78, 5) is 16.9. The Hall–Kier alpha value is -2.29. The first-order valence-corrected chi connectivity index (χ1v) is 8.68. The van der Waals surface area contributed by atoms with Crippen molar-refractivity contribution in [1.82, 2.24) is 9.78 Å². The zero-order chi connectivity index (χ0) is 19.1. The highest BCUT2D eigenvalue weighted by atomic mass is 79.9. The quantitative estimate of drug-likeness (QED) is 0.342. The summed E-state index contributed by atoms with van der Waals surface area (Å²) in [6.45, 7) is 1.97. The molecule has 1 aromatic carbocycles. The average molecular weight is 427 g/mol. The molecule has 0 spiro atoms. The van der Waals surface area contributed by atoms with Crippen molar-refractivity contribution in [1.29, 1.82) is 0 Å². The highest BCUT2D eigenvalue weighted by Gasteiger charge is 2.50. The monoisotopic (exact) mass is 426 g/mol. The average Bonchev–Trinajstić information content (AvgIpc) is 3.27. The number of carbonyl (C=O) groups is 1. The minimum absolute atomic E-state index is 0.172. The van der Waals surface area contributed by atoms with Crippen molar-refractivity contribution in [3.05, 3.63) is 51.3 Å². The van der Waals surface area contributed by atoms with Crippen LogP contribution in [0, 0.1) is 6.92 Å². The van der Waals surface area contributed by atoms with Crippen LogP contribution < -0.4 is 5.73 Å². The fourth-order valence-electron chi connectivity index (χ4n) is 3.01. The zero-order valence-electron chi connectivity index (χ0n) is 14.2. The SMILES string of the molecule is Cc1cccc(Br)c1C1(/C(N)=N/OC(=O)c2cc(C(F)F)n(C)n2)CC1. The fourth-order valence-corrected chi connectivity index (χ4v) is 3.85. The molecule has 1 saturated carbocycles. The van der Waals surface area contributed by atoms with Gasteiger partial charge in [-0.2, -0.15) is 5.10 Å². The third-order valence-electron chi connectivity index (χ3n) is 4.52. The fraction of sp³-hybridized carbons (Fsp3) is 0.353. The van der Waals surface area contributed by atoms with Crippen LogP contribution in [0.25, 0.3) is 0 Å². The topological polar surface area (TPSA) is 82.5 Å². The van der Waals surface area contributed by atoms with Crippen molar-refractivity contribution in [3.8, 4) is 0 Å². The first kappa shape index (κ1) is 18.5. The lowest BCUT2D eigenvalue weighted by atomic mass is 9.91. The Morgan fingerprint density at radius 2 is 2.15 bits per heavy atom. The summed E-state index contributed by atoms with van der Waals surface area (Å²) in [5.41, 5.74) is 7.05. The van der Waals surface area contributed by atoms with E-state index in [1.54, 1.807) is 0 Å². The van der Waals surface area contributed by atoms with Gasteiger partial charge >= 0.3 is 5.97 Å². The molecule has 2 N–H and O–H groups in total. The molecule has 138 valence electrons. The Morgan fingerprint density at radius 3 is 2.69 bits per heavy atom. The highest BCUT2D eigenvalue weighted by Crippen LogP contribution is 2.51. The molecule has 2 aromatic rings. The van der Waals surface area contributed by atoms with E-state index in [1.807, 2.05) is 25.1 Å². The molecular formula is C17H17BrF2N4O2. The van der Waals surface area contributed by atoms with Gasteiger partial charge in [0.1, 0.15) is 5.69 Å². The standard InChI is InChI=1S/C17H17BrF2N4O2/c1-9-4-3-5-10(18)13(9)17(6-7-17)16(21)23-26-15(25)11-8-12(14(19)20)24(2)22-11/h3-5,8,14H,6-7H2,1-2H3,(H2,21,23). The number of nitrogens with two attached hydrogens (primary N) is 1. The zero-order valence-corrected chi connectivity index (χ0v) is 15.8. The molecule has 1 aliphatic rings. The molecule has 1 heterocycles. The number of nitrogens with zero attached hydrogens (tertiary/aromatic N) is 3. The van der Waals surface area contributed by atoms with E-state index in [0.717, 1.165) is 39.2 Å². The van der Waals surface area contributed by atoms with E-state index in [4.69, 9.17) is 10.6 Å². The van der Waals surface area contributed by atoms with Gasteiger partial charge in [-0.25, -0.2) is 13.6 Å². The second kappa shape index (κ2) is 6.79. The van der Waals surface area contributed by atoms with Gasteiger partial charge in [0.25, 0.3) is 6.43 Å². The number of halogens is 3. The smallest absolute Gasteiger partial charge is 0.384 e. The second-order valence-electron chi connectivity index (χ2n) is 6.25.